The summed E-state index contributed by atoms with van der Waals surface area (Å²) in [5.74, 6) is 1.71. The molecule has 124 heavy (non-hydrogen) atoms. The Kier molecular flexibility index (Phi) is 70.4. The van der Waals surface area contributed by atoms with Gasteiger partial charge in [-0.15, -0.1) is 0 Å². The maximum atomic E-state index is 12.5. The van der Waals surface area contributed by atoms with E-state index in [0.29, 0.717) is 0 Å². The molecule has 6 aromatic rings. The molecule has 6 rings (SSSR count). The summed E-state index contributed by atoms with van der Waals surface area (Å²) in [6, 6.07) is 44.0. The van der Waals surface area contributed by atoms with Crippen LogP contribution < -0.4 is 41.8 Å². The second-order valence-electron chi connectivity index (χ2n) is 35.3. The fourth-order valence-corrected chi connectivity index (χ4v) is 18.4. The number of benzene rings is 6. The van der Waals surface area contributed by atoms with Crippen LogP contribution in [0.4, 0.5) is 0 Å². The number of rotatable bonds is 78. The average Bonchev–Trinajstić information content (AvgIpc) is 0.860. The Labute approximate surface area is 770 Å². The van der Waals surface area contributed by atoms with Crippen LogP contribution in [0.5, 0.6) is 34.5 Å². The van der Waals surface area contributed by atoms with Gasteiger partial charge < -0.3 is 41.8 Å². The average molecular weight is 1780 g/mol. The van der Waals surface area contributed by atoms with Crippen LogP contribution in [0.25, 0.3) is 0 Å². The Morgan fingerprint density at radius 1 is 0.161 bits per heavy atom. The number of hydrogen-bond donors (Lipinski definition) is 0. The molecular weight excluding hydrogens is 1610 g/mol. The van der Waals surface area contributed by atoms with Crippen molar-refractivity contribution in [2.75, 3.05) is 0 Å². The van der Waals surface area contributed by atoms with E-state index >= 15 is 0 Å². The zero-order chi connectivity index (χ0) is 88.3. The van der Waals surface area contributed by atoms with Crippen LogP contribution in [0.1, 0.15) is 460 Å². The van der Waals surface area contributed by atoms with Gasteiger partial charge in [-0.3, -0.25) is 0 Å². The molecule has 0 spiro atoms. The van der Waals surface area contributed by atoms with Crippen LogP contribution in [0.3, 0.4) is 0 Å². The predicted molar refractivity (Wildman–Crippen MR) is 524 cm³/mol. The molecule has 0 fully saturated rings. The second kappa shape index (κ2) is 77.0. The Bertz CT molecular complexity index is 2930. The van der Waals surface area contributed by atoms with Gasteiger partial charge in [-0.1, -0.05) is 461 Å². The van der Waals surface area contributed by atoms with Crippen LogP contribution in [-0.2, 0) is 52.2 Å². The molecule has 6 aromatic carbocycles. The van der Waals surface area contributed by atoms with Crippen LogP contribution in [0.15, 0.2) is 146 Å². The van der Waals surface area contributed by atoms with Crippen molar-refractivity contribution in [3.8, 4) is 34.5 Å². The summed E-state index contributed by atoms with van der Waals surface area (Å²) in [6.07, 6.45) is 85.4. The number of phosphoric ester groups is 3. The van der Waals surface area contributed by atoms with Gasteiger partial charge >= 0.3 is 40.8 Å². The Morgan fingerprint density at radius 3 is 0.347 bits per heavy atom. The topological polar surface area (TPSA) is 176 Å². The Morgan fingerprint density at radius 2 is 0.250 bits per heavy atom. The summed E-state index contributed by atoms with van der Waals surface area (Å²) in [6.45, 7) is 13.6. The van der Waals surface area contributed by atoms with Crippen molar-refractivity contribution in [3.05, 3.63) is 179 Å². The molecule has 0 aliphatic heterocycles. The van der Waals surface area contributed by atoms with Crippen molar-refractivity contribution in [3.63, 3.8) is 0 Å². The standard InChI is InChI=1S/3C36H59O4P.Al/c3*1-3-5-7-9-11-13-15-17-19-21-23-33-25-29-35(30-26-33)39-41(37,38)40-36-31-27-34(28-32-36)24-22-20-18-16-14-12-10-8-6-4-2;/h3*25-32H,3-24H2,1-2H3,(H,37,38);/q;;;+3/p-3. The molecule has 0 radical (unpaired) electrons. The molecule has 0 amide bonds. The van der Waals surface area contributed by atoms with Crippen molar-refractivity contribution >= 4 is 40.8 Å². The second-order valence-corrected chi connectivity index (χ2v) is 39.1. The van der Waals surface area contributed by atoms with E-state index in [0.717, 1.165) is 77.0 Å². The van der Waals surface area contributed by atoms with Gasteiger partial charge in [0.05, 0.1) is 0 Å². The van der Waals surface area contributed by atoms with Crippen LogP contribution in [0.2, 0.25) is 0 Å². The molecular formula is C108H174AlO12P3. The largest absolute Gasteiger partial charge is 3.00 e. The van der Waals surface area contributed by atoms with E-state index in [9.17, 15) is 28.4 Å². The summed E-state index contributed by atoms with van der Waals surface area (Å²) >= 11 is 0. The molecule has 0 N–H and O–H groups in total. The fourth-order valence-electron chi connectivity index (χ4n) is 16.0. The van der Waals surface area contributed by atoms with Crippen LogP contribution >= 0.6 is 23.5 Å². The summed E-state index contributed by atoms with van der Waals surface area (Å²) in [7, 11) is -13.5. The van der Waals surface area contributed by atoms with Gasteiger partial charge in [0, 0.05) is 0 Å². The van der Waals surface area contributed by atoms with Gasteiger partial charge in [-0.25, -0.2) is 13.7 Å². The molecule has 0 saturated heterocycles. The minimum absolute atomic E-state index is 0. The summed E-state index contributed by atoms with van der Waals surface area (Å²) in [4.78, 5) is 37.4. The zero-order valence-electron chi connectivity index (χ0n) is 79.3. The van der Waals surface area contributed by atoms with Gasteiger partial charge in [0.25, 0.3) is 0 Å². The minimum atomic E-state index is -4.51. The molecule has 0 aliphatic carbocycles. The molecule has 12 nitrogen and oxygen atoms in total. The van der Waals surface area contributed by atoms with Gasteiger partial charge in [0.1, 0.15) is 34.5 Å². The summed E-state index contributed by atoms with van der Waals surface area (Å²) < 4.78 is 68.7. The third kappa shape index (κ3) is 64.1. The summed E-state index contributed by atoms with van der Waals surface area (Å²) in [5, 5.41) is 0. The molecule has 0 heterocycles. The normalized spacial score (nSPS) is 11.5. The Balaban J connectivity index is 0.000000478. The smallest absolute Gasteiger partial charge is 0.736 e. The van der Waals surface area contributed by atoms with Crippen LogP contribution in [0, 0.1) is 0 Å². The van der Waals surface area contributed by atoms with Crippen molar-refractivity contribution < 1.29 is 55.5 Å². The fraction of sp³-hybridized carbons (Fsp3) is 0.667. The molecule has 0 bridgehead atoms. The monoisotopic (exact) mass is 1780 g/mol. The molecule has 0 aliphatic rings. The van der Waals surface area contributed by atoms with E-state index in [1.807, 2.05) is 72.8 Å². The van der Waals surface area contributed by atoms with E-state index in [1.54, 1.807) is 72.8 Å². The van der Waals surface area contributed by atoms with E-state index < -0.39 is 23.5 Å². The maximum absolute atomic E-state index is 12.5. The van der Waals surface area contributed by atoms with Gasteiger partial charge in [-0.05, 0) is 183 Å². The van der Waals surface area contributed by atoms with E-state index in [1.165, 1.54) is 380 Å². The van der Waals surface area contributed by atoms with E-state index in [-0.39, 0.29) is 51.9 Å². The number of aryl methyl sites for hydroxylation is 6. The van der Waals surface area contributed by atoms with Gasteiger partial charge in [-0.2, -0.15) is 0 Å². The Hall–Kier alpha value is -4.78. The molecule has 696 valence electrons. The quantitative estimate of drug-likeness (QED) is 0.0201. The van der Waals surface area contributed by atoms with E-state index in [2.05, 4.69) is 41.5 Å². The molecule has 0 unspecified atom stereocenters. The van der Waals surface area contributed by atoms with E-state index in [4.69, 9.17) is 27.1 Å². The first kappa shape index (κ1) is 113. The number of unbranched alkanes of at least 4 members (excludes halogenated alkanes) is 54. The van der Waals surface area contributed by atoms with Crippen LogP contribution in [-0.4, -0.2) is 17.4 Å². The first-order valence-corrected chi connectivity index (χ1v) is 55.1. The molecule has 0 aromatic heterocycles. The number of hydrogen-bond acceptors (Lipinski definition) is 12. The first-order valence-electron chi connectivity index (χ1n) is 50.7. The third-order valence-electron chi connectivity index (χ3n) is 23.8. The van der Waals surface area contributed by atoms with Gasteiger partial charge in [0.2, 0.25) is 0 Å². The van der Waals surface area contributed by atoms with Crippen molar-refractivity contribution in [2.45, 2.75) is 465 Å². The third-order valence-corrected chi connectivity index (χ3v) is 26.4. The minimum Gasteiger partial charge on any atom is -0.736 e. The number of phosphoric acid groups is 3. The first-order chi connectivity index (χ1) is 60.1. The van der Waals surface area contributed by atoms with Crippen molar-refractivity contribution in [1.82, 2.24) is 0 Å². The molecule has 0 atom stereocenters. The molecule has 16 heteroatoms. The van der Waals surface area contributed by atoms with Crippen molar-refractivity contribution in [1.29, 1.82) is 0 Å². The van der Waals surface area contributed by atoms with Crippen molar-refractivity contribution in [2.24, 2.45) is 0 Å². The van der Waals surface area contributed by atoms with Gasteiger partial charge in [0.15, 0.2) is 0 Å². The predicted octanol–water partition coefficient (Wildman–Crippen LogP) is 34.2. The summed E-state index contributed by atoms with van der Waals surface area (Å²) in [5.41, 5.74) is 7.23. The maximum Gasteiger partial charge on any atom is 3.00 e. The molecule has 0 saturated carbocycles. The zero-order valence-corrected chi connectivity index (χ0v) is 83.2. The SMILES string of the molecule is CCCCCCCCCCCCc1ccc(OP(=O)([O-])Oc2ccc(CCCCCCCCCCCC)cc2)cc1.CCCCCCCCCCCCc1ccc(OP(=O)([O-])Oc2ccc(CCCCCCCCCCCC)cc2)cc1.CCCCCCCCCCCCc1ccc(OP(=O)([O-])Oc2ccc(CCCCCCCCCCCC)cc2)cc1.[Al+3].